The number of hydrogen-bond donors (Lipinski definition) is 1. The molecule has 1 fully saturated rings. The number of H-pyrrole nitrogens is 1. The van der Waals surface area contributed by atoms with Crippen LogP contribution in [0.3, 0.4) is 0 Å². The van der Waals surface area contributed by atoms with Crippen LogP contribution in [0.25, 0.3) is 10.9 Å². The number of aryl methyl sites for hydroxylation is 1. The SMILES string of the molecule is CC(=O)c1[nH]c2ccc(C3CCCCC3)cc2c1C. The van der Waals surface area contributed by atoms with Gasteiger partial charge in [0.1, 0.15) is 0 Å². The molecule has 19 heavy (non-hydrogen) atoms. The first-order valence-corrected chi connectivity index (χ1v) is 7.30. The van der Waals surface area contributed by atoms with Crippen molar-refractivity contribution in [1.82, 2.24) is 4.98 Å². The third kappa shape index (κ3) is 2.20. The fourth-order valence-electron chi connectivity index (χ4n) is 3.39. The van der Waals surface area contributed by atoms with E-state index < -0.39 is 0 Å². The molecule has 3 rings (SSSR count). The van der Waals surface area contributed by atoms with Crippen LogP contribution in [0.2, 0.25) is 0 Å². The summed E-state index contributed by atoms with van der Waals surface area (Å²) in [6.07, 6.45) is 6.72. The van der Waals surface area contributed by atoms with Crippen LogP contribution in [0, 0.1) is 6.92 Å². The molecule has 1 aliphatic rings. The van der Waals surface area contributed by atoms with Gasteiger partial charge in [-0.1, -0.05) is 25.3 Å². The van der Waals surface area contributed by atoms with Crippen molar-refractivity contribution >= 4 is 16.7 Å². The van der Waals surface area contributed by atoms with Gasteiger partial charge in [-0.25, -0.2) is 0 Å². The van der Waals surface area contributed by atoms with E-state index in [1.807, 2.05) is 6.92 Å². The Balaban J connectivity index is 2.04. The summed E-state index contributed by atoms with van der Waals surface area (Å²) >= 11 is 0. The number of aromatic nitrogens is 1. The number of rotatable bonds is 2. The van der Waals surface area contributed by atoms with E-state index >= 15 is 0 Å². The Bertz CT molecular complexity index is 617. The number of carbonyl (C=O) groups excluding carboxylic acids is 1. The van der Waals surface area contributed by atoms with Gasteiger partial charge >= 0.3 is 0 Å². The Morgan fingerprint density at radius 3 is 2.63 bits per heavy atom. The average molecular weight is 255 g/mol. The first-order chi connectivity index (χ1) is 9.16. The molecule has 100 valence electrons. The molecule has 1 N–H and O–H groups in total. The van der Waals surface area contributed by atoms with Gasteiger partial charge in [-0.15, -0.1) is 0 Å². The third-order valence-corrected chi connectivity index (χ3v) is 4.51. The number of hydrogen-bond acceptors (Lipinski definition) is 1. The largest absolute Gasteiger partial charge is 0.352 e. The van der Waals surface area contributed by atoms with Gasteiger partial charge in [0.25, 0.3) is 0 Å². The highest BCUT2D eigenvalue weighted by Crippen LogP contribution is 2.34. The van der Waals surface area contributed by atoms with Gasteiger partial charge in [0.05, 0.1) is 5.69 Å². The van der Waals surface area contributed by atoms with E-state index in [0.717, 1.165) is 16.8 Å². The lowest BCUT2D eigenvalue weighted by atomic mass is 9.83. The lowest BCUT2D eigenvalue weighted by Gasteiger charge is -2.22. The minimum Gasteiger partial charge on any atom is -0.352 e. The van der Waals surface area contributed by atoms with Gasteiger partial charge in [-0.3, -0.25) is 4.79 Å². The number of fused-ring (bicyclic) bond motifs is 1. The second kappa shape index (κ2) is 4.84. The number of aromatic amines is 1. The Hall–Kier alpha value is -1.57. The zero-order valence-electron chi connectivity index (χ0n) is 11.8. The van der Waals surface area contributed by atoms with Gasteiger partial charge < -0.3 is 4.98 Å². The summed E-state index contributed by atoms with van der Waals surface area (Å²) in [5, 5.41) is 1.22. The topological polar surface area (TPSA) is 32.9 Å². The summed E-state index contributed by atoms with van der Waals surface area (Å²) in [4.78, 5) is 14.8. The second-order valence-electron chi connectivity index (χ2n) is 5.82. The van der Waals surface area contributed by atoms with E-state index in [-0.39, 0.29) is 5.78 Å². The van der Waals surface area contributed by atoms with Crippen LogP contribution in [0.15, 0.2) is 18.2 Å². The predicted octanol–water partition coefficient (Wildman–Crippen LogP) is 4.73. The lowest BCUT2D eigenvalue weighted by molar-refractivity contribution is 0.101. The van der Waals surface area contributed by atoms with Gasteiger partial charge in [0.15, 0.2) is 5.78 Å². The third-order valence-electron chi connectivity index (χ3n) is 4.51. The zero-order chi connectivity index (χ0) is 13.4. The van der Waals surface area contributed by atoms with Crippen LogP contribution in [-0.2, 0) is 0 Å². The van der Waals surface area contributed by atoms with Crippen molar-refractivity contribution in [3.05, 3.63) is 35.0 Å². The summed E-state index contributed by atoms with van der Waals surface area (Å²) in [5.74, 6) is 0.834. The fourth-order valence-corrected chi connectivity index (χ4v) is 3.39. The van der Waals surface area contributed by atoms with Crippen LogP contribution in [0.4, 0.5) is 0 Å². The molecule has 1 saturated carbocycles. The Morgan fingerprint density at radius 2 is 1.95 bits per heavy atom. The fraction of sp³-hybridized carbons (Fsp3) is 0.471. The van der Waals surface area contributed by atoms with Crippen LogP contribution in [0.5, 0.6) is 0 Å². The van der Waals surface area contributed by atoms with Crippen molar-refractivity contribution < 1.29 is 4.79 Å². The highest BCUT2D eigenvalue weighted by Gasteiger charge is 2.17. The molecule has 0 saturated heterocycles. The number of nitrogens with one attached hydrogen (secondary N) is 1. The maximum atomic E-state index is 11.6. The Kier molecular flexibility index (Phi) is 3.17. The molecule has 2 heteroatoms. The summed E-state index contributed by atoms with van der Waals surface area (Å²) < 4.78 is 0. The van der Waals surface area contributed by atoms with Crippen molar-refractivity contribution in [2.75, 3.05) is 0 Å². The maximum Gasteiger partial charge on any atom is 0.176 e. The van der Waals surface area contributed by atoms with Gasteiger partial charge in [-0.2, -0.15) is 0 Å². The molecular formula is C17H21NO. The molecule has 1 heterocycles. The number of ketones is 1. The minimum absolute atomic E-state index is 0.118. The smallest absolute Gasteiger partial charge is 0.176 e. The standard InChI is InChI=1S/C17H21NO/c1-11-15-10-14(13-6-4-3-5-7-13)8-9-16(15)18-17(11)12(2)19/h8-10,13,18H,3-7H2,1-2H3. The monoisotopic (exact) mass is 255 g/mol. The first kappa shape index (κ1) is 12.5. The van der Waals surface area contributed by atoms with Crippen molar-refractivity contribution in [1.29, 1.82) is 0 Å². The average Bonchev–Trinajstić information content (AvgIpc) is 2.77. The van der Waals surface area contributed by atoms with Gasteiger partial charge in [0, 0.05) is 17.8 Å². The van der Waals surface area contributed by atoms with Crippen molar-refractivity contribution in [2.45, 2.75) is 51.9 Å². The Labute approximate surface area is 114 Å². The van der Waals surface area contributed by atoms with Crippen molar-refractivity contribution in [3.63, 3.8) is 0 Å². The van der Waals surface area contributed by atoms with E-state index in [1.165, 1.54) is 43.1 Å². The number of carbonyl (C=O) groups is 1. The molecule has 0 aliphatic heterocycles. The molecule has 2 nitrogen and oxygen atoms in total. The normalized spacial score (nSPS) is 16.9. The van der Waals surface area contributed by atoms with E-state index in [1.54, 1.807) is 6.92 Å². The predicted molar refractivity (Wildman–Crippen MR) is 78.9 cm³/mol. The second-order valence-corrected chi connectivity index (χ2v) is 5.82. The van der Waals surface area contributed by atoms with E-state index in [9.17, 15) is 4.79 Å². The molecule has 0 atom stereocenters. The van der Waals surface area contributed by atoms with Crippen LogP contribution < -0.4 is 0 Å². The maximum absolute atomic E-state index is 11.6. The van der Waals surface area contributed by atoms with Crippen molar-refractivity contribution in [2.24, 2.45) is 0 Å². The molecule has 2 aromatic rings. The molecule has 0 radical (unpaired) electrons. The van der Waals surface area contributed by atoms with Crippen LogP contribution >= 0.6 is 0 Å². The molecule has 0 amide bonds. The van der Waals surface area contributed by atoms with E-state index in [0.29, 0.717) is 5.92 Å². The van der Waals surface area contributed by atoms with Crippen molar-refractivity contribution in [3.8, 4) is 0 Å². The molecule has 1 aromatic heterocycles. The quantitative estimate of drug-likeness (QED) is 0.773. The number of Topliss-reactive ketones (excluding diaryl/α,β-unsaturated/α-hetero) is 1. The Morgan fingerprint density at radius 1 is 1.21 bits per heavy atom. The number of benzene rings is 1. The highest BCUT2D eigenvalue weighted by atomic mass is 16.1. The summed E-state index contributed by atoms with van der Waals surface area (Å²) in [6.45, 7) is 3.67. The summed E-state index contributed by atoms with van der Waals surface area (Å²) in [7, 11) is 0. The molecular weight excluding hydrogens is 234 g/mol. The first-order valence-electron chi connectivity index (χ1n) is 7.30. The van der Waals surface area contributed by atoms with Gasteiger partial charge in [-0.05, 0) is 48.9 Å². The molecule has 1 aliphatic carbocycles. The van der Waals surface area contributed by atoms with Crippen LogP contribution in [-0.4, -0.2) is 10.8 Å². The zero-order valence-corrected chi connectivity index (χ0v) is 11.8. The molecule has 1 aromatic carbocycles. The van der Waals surface area contributed by atoms with Gasteiger partial charge in [0.2, 0.25) is 0 Å². The highest BCUT2D eigenvalue weighted by molar-refractivity contribution is 6.00. The van der Waals surface area contributed by atoms with Crippen LogP contribution in [0.1, 0.15) is 66.6 Å². The van der Waals surface area contributed by atoms with E-state index in [2.05, 4.69) is 23.2 Å². The molecule has 0 spiro atoms. The molecule has 0 bridgehead atoms. The summed E-state index contributed by atoms with van der Waals surface area (Å²) in [6, 6.07) is 6.67. The lowest BCUT2D eigenvalue weighted by Crippen LogP contribution is -2.04. The molecule has 0 unspecified atom stereocenters. The minimum atomic E-state index is 0.118. The van der Waals surface area contributed by atoms with E-state index in [4.69, 9.17) is 0 Å². The summed E-state index contributed by atoms with van der Waals surface area (Å²) in [5.41, 5.74) is 4.39.